The molecule has 0 spiro atoms. The summed E-state index contributed by atoms with van der Waals surface area (Å²) in [7, 11) is 1.69. The number of pyridine rings is 1. The van der Waals surface area contributed by atoms with E-state index in [0.717, 1.165) is 46.4 Å². The van der Waals surface area contributed by atoms with Crippen LogP contribution in [-0.2, 0) is 29.6 Å². The summed E-state index contributed by atoms with van der Waals surface area (Å²) in [6.45, 7) is 10.2. The molecule has 1 aliphatic heterocycles. The highest BCUT2D eigenvalue weighted by atomic mass is 19.1. The van der Waals surface area contributed by atoms with E-state index in [-0.39, 0.29) is 23.8 Å². The van der Waals surface area contributed by atoms with Gasteiger partial charge in [0.25, 0.3) is 5.56 Å². The summed E-state index contributed by atoms with van der Waals surface area (Å²) < 4.78 is 33.1. The van der Waals surface area contributed by atoms with Gasteiger partial charge in [-0.05, 0) is 111 Å². The molecule has 0 bridgehead atoms. The molecule has 214 valence electrons. The molecular formula is C34H36FNO5. The number of hydrogen-bond donors (Lipinski definition) is 0. The van der Waals surface area contributed by atoms with Gasteiger partial charge in [0.05, 0.1) is 23.3 Å². The van der Waals surface area contributed by atoms with E-state index in [0.29, 0.717) is 28.8 Å². The monoisotopic (exact) mass is 557 g/mol. The van der Waals surface area contributed by atoms with Crippen molar-refractivity contribution in [1.29, 1.82) is 0 Å². The Morgan fingerprint density at radius 1 is 1.07 bits per heavy atom. The number of rotatable bonds is 7. The van der Waals surface area contributed by atoms with Gasteiger partial charge in [-0.1, -0.05) is 18.2 Å². The summed E-state index contributed by atoms with van der Waals surface area (Å²) in [5.41, 5.74) is 4.34. The van der Waals surface area contributed by atoms with Gasteiger partial charge in [0.1, 0.15) is 23.9 Å². The first-order valence-electron chi connectivity index (χ1n) is 13.9. The molecule has 0 N–H and O–H groups in total. The van der Waals surface area contributed by atoms with Crippen LogP contribution in [0.15, 0.2) is 59.4 Å². The predicted octanol–water partition coefficient (Wildman–Crippen LogP) is 7.00. The van der Waals surface area contributed by atoms with Crippen molar-refractivity contribution in [2.24, 2.45) is 7.05 Å². The van der Waals surface area contributed by atoms with Crippen molar-refractivity contribution < 1.29 is 23.4 Å². The zero-order valence-electron chi connectivity index (χ0n) is 24.5. The molecular weight excluding hydrogens is 521 g/mol. The third-order valence-corrected chi connectivity index (χ3v) is 7.47. The molecule has 0 fully saturated rings. The molecule has 3 aromatic carbocycles. The van der Waals surface area contributed by atoms with Crippen LogP contribution < -0.4 is 15.0 Å². The van der Waals surface area contributed by atoms with Gasteiger partial charge in [0, 0.05) is 12.6 Å². The highest BCUT2D eigenvalue weighted by molar-refractivity contribution is 6.00. The Bertz CT molecular complexity index is 1680. The van der Waals surface area contributed by atoms with Crippen molar-refractivity contribution in [1.82, 2.24) is 4.57 Å². The van der Waals surface area contributed by atoms with Gasteiger partial charge in [0.15, 0.2) is 11.9 Å². The van der Waals surface area contributed by atoms with Crippen molar-refractivity contribution in [2.45, 2.75) is 65.8 Å². The van der Waals surface area contributed by atoms with E-state index < -0.39 is 11.7 Å². The molecule has 0 saturated heterocycles. The molecule has 4 aromatic rings. The minimum absolute atomic E-state index is 0.186. The summed E-state index contributed by atoms with van der Waals surface area (Å²) in [6.07, 6.45) is 0.869. The Balaban J connectivity index is 1.73. The summed E-state index contributed by atoms with van der Waals surface area (Å²) in [4.78, 5) is 27.0. The number of hydrogen-bond acceptors (Lipinski definition) is 5. The van der Waals surface area contributed by atoms with Crippen LogP contribution in [0.4, 0.5) is 4.39 Å². The molecule has 6 nitrogen and oxygen atoms in total. The molecule has 0 amide bonds. The van der Waals surface area contributed by atoms with Gasteiger partial charge >= 0.3 is 0 Å². The van der Waals surface area contributed by atoms with Crippen LogP contribution >= 0.6 is 0 Å². The first-order valence-corrected chi connectivity index (χ1v) is 13.9. The second kappa shape index (κ2) is 11.1. The number of ether oxygens (including phenoxy) is 3. The molecule has 2 heterocycles. The van der Waals surface area contributed by atoms with Crippen molar-refractivity contribution in [3.8, 4) is 22.6 Å². The lowest BCUT2D eigenvalue weighted by molar-refractivity contribution is -0.139. The van der Waals surface area contributed by atoms with E-state index in [1.54, 1.807) is 25.2 Å². The number of benzene rings is 3. The Labute approximate surface area is 239 Å². The summed E-state index contributed by atoms with van der Waals surface area (Å²) >= 11 is 0. The Kier molecular flexibility index (Phi) is 7.75. The standard InChI is InChI=1S/C34H36FNO5/c1-20-25-8-7-17-39-29(25)16-15-26(20)30-27-14-13-24(40-19-22-9-11-23(35)12-10-22)18-28(27)33(38)36(6)31(30)32(21(2)37)41-34(3,4)5/h9-16,18,32H,7-8,17,19H2,1-6H3/t32-/m1/s1. The average Bonchev–Trinajstić information content (AvgIpc) is 2.93. The number of fused-ring (bicyclic) bond motifs is 2. The second-order valence-electron chi connectivity index (χ2n) is 11.6. The van der Waals surface area contributed by atoms with Gasteiger partial charge in [-0.2, -0.15) is 0 Å². The molecule has 1 aromatic heterocycles. The molecule has 1 aliphatic rings. The maximum atomic E-state index is 13.9. The molecule has 7 heteroatoms. The minimum Gasteiger partial charge on any atom is -0.493 e. The van der Waals surface area contributed by atoms with Crippen molar-refractivity contribution in [3.63, 3.8) is 0 Å². The van der Waals surface area contributed by atoms with Gasteiger partial charge in [0.2, 0.25) is 0 Å². The third-order valence-electron chi connectivity index (χ3n) is 7.47. The van der Waals surface area contributed by atoms with E-state index >= 15 is 0 Å². The Morgan fingerprint density at radius 3 is 2.49 bits per heavy atom. The number of carbonyl (C=O) groups is 1. The lowest BCUT2D eigenvalue weighted by atomic mass is 9.87. The number of aromatic nitrogens is 1. The lowest BCUT2D eigenvalue weighted by Crippen LogP contribution is -2.32. The SMILES string of the molecule is CC(=O)[C@@H](OC(C)(C)C)c1c(-c2ccc3c(c2C)CCCO3)c2ccc(OCc3ccc(F)cc3)cc2c(=O)n1C. The summed E-state index contributed by atoms with van der Waals surface area (Å²) in [5, 5.41) is 1.18. The Hall–Kier alpha value is -3.97. The van der Waals surface area contributed by atoms with Crippen LogP contribution in [0.5, 0.6) is 11.5 Å². The largest absolute Gasteiger partial charge is 0.493 e. The van der Waals surface area contributed by atoms with E-state index in [1.165, 1.54) is 23.6 Å². The van der Waals surface area contributed by atoms with Crippen LogP contribution in [0.25, 0.3) is 21.9 Å². The van der Waals surface area contributed by atoms with Crippen LogP contribution in [0, 0.1) is 12.7 Å². The number of nitrogens with zero attached hydrogens (tertiary/aromatic N) is 1. The molecule has 0 radical (unpaired) electrons. The zero-order chi connectivity index (χ0) is 29.5. The second-order valence-corrected chi connectivity index (χ2v) is 11.6. The minimum atomic E-state index is -0.951. The number of ketones is 1. The van der Waals surface area contributed by atoms with Gasteiger partial charge in [-0.25, -0.2) is 4.39 Å². The molecule has 41 heavy (non-hydrogen) atoms. The predicted molar refractivity (Wildman–Crippen MR) is 158 cm³/mol. The van der Waals surface area contributed by atoms with Crippen molar-refractivity contribution in [3.05, 3.63) is 93.2 Å². The smallest absolute Gasteiger partial charge is 0.258 e. The summed E-state index contributed by atoms with van der Waals surface area (Å²) in [6, 6.07) is 15.5. The van der Waals surface area contributed by atoms with Crippen molar-refractivity contribution >= 4 is 16.6 Å². The van der Waals surface area contributed by atoms with Crippen molar-refractivity contribution in [2.75, 3.05) is 6.61 Å². The first kappa shape index (κ1) is 28.6. The zero-order valence-corrected chi connectivity index (χ0v) is 24.5. The first-order chi connectivity index (χ1) is 19.4. The number of Topliss-reactive ketones (excluding diaryl/α,β-unsaturated/α-hetero) is 1. The molecule has 5 rings (SSSR count). The molecule has 0 unspecified atom stereocenters. The maximum Gasteiger partial charge on any atom is 0.258 e. The van der Waals surface area contributed by atoms with Gasteiger partial charge < -0.3 is 18.8 Å². The quantitative estimate of drug-likeness (QED) is 0.245. The van der Waals surface area contributed by atoms with E-state index in [2.05, 4.69) is 6.92 Å². The van der Waals surface area contributed by atoms with E-state index in [1.807, 2.05) is 45.0 Å². The van der Waals surface area contributed by atoms with Gasteiger partial charge in [-0.3, -0.25) is 9.59 Å². The van der Waals surface area contributed by atoms with Crippen LogP contribution in [0.3, 0.4) is 0 Å². The van der Waals surface area contributed by atoms with E-state index in [9.17, 15) is 14.0 Å². The van der Waals surface area contributed by atoms with Gasteiger partial charge in [-0.15, -0.1) is 0 Å². The molecule has 0 saturated carbocycles. The number of halogens is 1. The maximum absolute atomic E-state index is 13.9. The molecule has 0 aliphatic carbocycles. The van der Waals surface area contributed by atoms with Crippen LogP contribution in [0.2, 0.25) is 0 Å². The average molecular weight is 558 g/mol. The Morgan fingerprint density at radius 2 is 1.80 bits per heavy atom. The fraction of sp³-hybridized carbons (Fsp3) is 0.353. The fourth-order valence-electron chi connectivity index (χ4n) is 5.51. The third kappa shape index (κ3) is 5.77. The van der Waals surface area contributed by atoms with E-state index in [4.69, 9.17) is 14.2 Å². The highest BCUT2D eigenvalue weighted by Crippen LogP contribution is 2.42. The summed E-state index contributed by atoms with van der Waals surface area (Å²) in [5.74, 6) is 0.893. The fourth-order valence-corrected chi connectivity index (χ4v) is 5.51. The highest BCUT2D eigenvalue weighted by Gasteiger charge is 2.32. The topological polar surface area (TPSA) is 66.8 Å². The lowest BCUT2D eigenvalue weighted by Gasteiger charge is -2.30. The number of carbonyl (C=O) groups excluding carboxylic acids is 1. The van der Waals surface area contributed by atoms with Crippen LogP contribution in [0.1, 0.15) is 62.6 Å². The van der Waals surface area contributed by atoms with Crippen LogP contribution in [-0.4, -0.2) is 22.6 Å². The normalized spacial score (nSPS) is 13.9. The molecule has 1 atom stereocenters.